The first-order valence-electron chi connectivity index (χ1n) is 7.46. The van der Waals surface area contributed by atoms with Crippen LogP contribution in [0.25, 0.3) is 0 Å². The molecule has 3 atom stereocenters. The van der Waals surface area contributed by atoms with Crippen LogP contribution in [0.2, 0.25) is 0 Å². The molecule has 3 unspecified atom stereocenters. The van der Waals surface area contributed by atoms with Crippen LogP contribution in [-0.2, 0) is 26.1 Å². The Hall–Kier alpha value is -1.77. The van der Waals surface area contributed by atoms with Crippen LogP contribution in [0.3, 0.4) is 0 Å². The maximum absolute atomic E-state index is 12.4. The Kier molecular flexibility index (Phi) is 4.01. The predicted molar refractivity (Wildman–Crippen MR) is 76.7 cm³/mol. The van der Waals surface area contributed by atoms with Gasteiger partial charge >= 0.3 is 21.6 Å². The molecule has 24 heavy (non-hydrogen) atoms. The van der Waals surface area contributed by atoms with Crippen LogP contribution in [-0.4, -0.2) is 26.5 Å². The van der Waals surface area contributed by atoms with Crippen LogP contribution in [0.4, 0.5) is 13.2 Å². The Morgan fingerprint density at radius 3 is 2.67 bits per heavy atom. The first kappa shape index (κ1) is 17.1. The second kappa shape index (κ2) is 5.65. The van der Waals surface area contributed by atoms with Crippen molar-refractivity contribution < 1.29 is 35.3 Å². The van der Waals surface area contributed by atoms with Crippen molar-refractivity contribution in [2.45, 2.75) is 31.2 Å². The SMILES string of the molecule is CCOC(=O)C1C2CCc3cc(OS(=O)(=O)C(F)(F)F)ccc3C21. The minimum Gasteiger partial charge on any atom is -0.466 e. The lowest BCUT2D eigenvalue weighted by Gasteiger charge is -2.16. The highest BCUT2D eigenvalue weighted by molar-refractivity contribution is 7.88. The number of carbonyl (C=O) groups is 1. The smallest absolute Gasteiger partial charge is 0.466 e. The number of hydrogen-bond acceptors (Lipinski definition) is 5. The molecule has 0 saturated heterocycles. The van der Waals surface area contributed by atoms with E-state index in [-0.39, 0.29) is 29.5 Å². The zero-order valence-electron chi connectivity index (χ0n) is 12.7. The van der Waals surface area contributed by atoms with Gasteiger partial charge in [0.25, 0.3) is 0 Å². The van der Waals surface area contributed by atoms with E-state index in [2.05, 4.69) is 4.18 Å². The molecule has 1 aromatic carbocycles. The molecule has 5 nitrogen and oxygen atoms in total. The van der Waals surface area contributed by atoms with Gasteiger partial charge in [-0.2, -0.15) is 21.6 Å². The largest absolute Gasteiger partial charge is 0.534 e. The first-order chi connectivity index (χ1) is 11.2. The molecule has 132 valence electrons. The summed E-state index contributed by atoms with van der Waals surface area (Å²) in [5, 5.41) is 0. The normalized spacial score (nSPS) is 25.4. The standard InChI is InChI=1S/C15H15F3O5S/c1-2-22-14(19)13-11-5-3-8-7-9(4-6-10(8)12(11)13)23-24(20,21)15(16,17)18/h4,6-7,11-13H,2-3,5H2,1H3. The van der Waals surface area contributed by atoms with Crippen molar-refractivity contribution in [1.82, 2.24) is 0 Å². The summed E-state index contributed by atoms with van der Waals surface area (Å²) in [5.41, 5.74) is -3.92. The lowest BCUT2D eigenvalue weighted by molar-refractivity contribution is -0.145. The second-order valence-electron chi connectivity index (χ2n) is 5.85. The van der Waals surface area contributed by atoms with Crippen molar-refractivity contribution in [2.24, 2.45) is 11.8 Å². The van der Waals surface area contributed by atoms with E-state index in [0.29, 0.717) is 25.0 Å². The van der Waals surface area contributed by atoms with Crippen LogP contribution in [0.1, 0.15) is 30.4 Å². The number of ether oxygens (including phenoxy) is 1. The van der Waals surface area contributed by atoms with Gasteiger partial charge in [0, 0.05) is 5.92 Å². The van der Waals surface area contributed by atoms with Crippen molar-refractivity contribution >= 4 is 16.1 Å². The molecule has 2 aliphatic carbocycles. The molecule has 0 radical (unpaired) electrons. The van der Waals surface area contributed by atoms with E-state index in [9.17, 15) is 26.4 Å². The molecule has 1 aromatic rings. The van der Waals surface area contributed by atoms with E-state index in [4.69, 9.17) is 4.74 Å². The summed E-state index contributed by atoms with van der Waals surface area (Å²) in [6, 6.07) is 4.02. The molecule has 0 aliphatic heterocycles. The van der Waals surface area contributed by atoms with Gasteiger partial charge in [0.2, 0.25) is 0 Å². The van der Waals surface area contributed by atoms with E-state index in [1.165, 1.54) is 18.2 Å². The van der Waals surface area contributed by atoms with Crippen molar-refractivity contribution in [1.29, 1.82) is 0 Å². The van der Waals surface area contributed by atoms with Gasteiger partial charge in [-0.15, -0.1) is 0 Å². The number of benzene rings is 1. The summed E-state index contributed by atoms with van der Waals surface area (Å²) in [4.78, 5) is 11.9. The molecule has 9 heteroatoms. The summed E-state index contributed by atoms with van der Waals surface area (Å²) in [5.74, 6) is -0.696. The number of carbonyl (C=O) groups excluding carboxylic acids is 1. The fourth-order valence-corrected chi connectivity index (χ4v) is 3.84. The van der Waals surface area contributed by atoms with E-state index >= 15 is 0 Å². The third-order valence-corrected chi connectivity index (χ3v) is 5.42. The minimum atomic E-state index is -5.69. The third-order valence-electron chi connectivity index (χ3n) is 4.44. The van der Waals surface area contributed by atoms with Crippen LogP contribution < -0.4 is 4.18 Å². The second-order valence-corrected chi connectivity index (χ2v) is 7.39. The predicted octanol–water partition coefficient (Wildman–Crippen LogP) is 2.75. The van der Waals surface area contributed by atoms with Gasteiger partial charge in [-0.25, -0.2) is 0 Å². The Balaban J connectivity index is 1.81. The first-order valence-corrected chi connectivity index (χ1v) is 8.86. The maximum atomic E-state index is 12.4. The van der Waals surface area contributed by atoms with Crippen molar-refractivity contribution in [3.05, 3.63) is 29.3 Å². The average Bonchev–Trinajstić information content (AvgIpc) is 3.20. The maximum Gasteiger partial charge on any atom is 0.534 e. The fraction of sp³-hybridized carbons (Fsp3) is 0.533. The number of aryl methyl sites for hydroxylation is 1. The number of esters is 1. The van der Waals surface area contributed by atoms with E-state index in [0.717, 1.165) is 5.56 Å². The average molecular weight is 364 g/mol. The molecule has 0 aromatic heterocycles. The van der Waals surface area contributed by atoms with Crippen LogP contribution >= 0.6 is 0 Å². The van der Waals surface area contributed by atoms with Gasteiger partial charge < -0.3 is 8.92 Å². The molecule has 0 bridgehead atoms. The molecular weight excluding hydrogens is 349 g/mol. The highest BCUT2D eigenvalue weighted by Gasteiger charge is 2.58. The zero-order valence-corrected chi connectivity index (χ0v) is 13.5. The van der Waals surface area contributed by atoms with Gasteiger partial charge in [0.1, 0.15) is 5.75 Å². The topological polar surface area (TPSA) is 69.7 Å². The minimum absolute atomic E-state index is 0.0129. The number of halogens is 3. The Bertz CT molecular complexity index is 772. The molecule has 0 amide bonds. The lowest BCUT2D eigenvalue weighted by Crippen LogP contribution is -2.28. The fourth-order valence-electron chi connectivity index (χ4n) is 3.39. The molecule has 1 saturated carbocycles. The van der Waals surface area contributed by atoms with Gasteiger partial charge in [-0.3, -0.25) is 4.79 Å². The van der Waals surface area contributed by atoms with Crippen LogP contribution in [0.5, 0.6) is 5.75 Å². The van der Waals surface area contributed by atoms with Crippen molar-refractivity contribution in [3.63, 3.8) is 0 Å². The Labute approximate surface area is 136 Å². The quantitative estimate of drug-likeness (QED) is 0.467. The number of rotatable bonds is 4. The van der Waals surface area contributed by atoms with E-state index in [1.54, 1.807) is 6.92 Å². The summed E-state index contributed by atoms with van der Waals surface area (Å²) >= 11 is 0. The van der Waals surface area contributed by atoms with E-state index in [1.807, 2.05) is 0 Å². The number of alkyl halides is 3. The number of fused-ring (bicyclic) bond motifs is 3. The highest BCUT2D eigenvalue weighted by atomic mass is 32.2. The highest BCUT2D eigenvalue weighted by Crippen LogP contribution is 2.60. The van der Waals surface area contributed by atoms with Gasteiger partial charge in [-0.1, -0.05) is 6.07 Å². The Morgan fingerprint density at radius 2 is 2.04 bits per heavy atom. The Morgan fingerprint density at radius 1 is 1.33 bits per heavy atom. The molecule has 0 N–H and O–H groups in total. The van der Waals surface area contributed by atoms with E-state index < -0.39 is 15.6 Å². The van der Waals surface area contributed by atoms with Crippen LogP contribution in [0.15, 0.2) is 18.2 Å². The third kappa shape index (κ3) is 2.85. The van der Waals surface area contributed by atoms with Crippen molar-refractivity contribution in [3.8, 4) is 5.75 Å². The molecule has 2 aliphatic rings. The molecule has 3 rings (SSSR count). The molecule has 0 heterocycles. The summed E-state index contributed by atoms with van der Waals surface area (Å²) in [7, 11) is -5.69. The number of hydrogen-bond donors (Lipinski definition) is 0. The monoisotopic (exact) mass is 364 g/mol. The summed E-state index contributed by atoms with van der Waals surface area (Å²) < 4.78 is 68.4. The summed E-state index contributed by atoms with van der Waals surface area (Å²) in [6.07, 6.45) is 1.26. The van der Waals surface area contributed by atoms with Gasteiger partial charge in [-0.05, 0) is 48.9 Å². The molecular formula is C15H15F3O5S. The van der Waals surface area contributed by atoms with Gasteiger partial charge in [0.05, 0.1) is 12.5 Å². The molecule has 1 fully saturated rings. The van der Waals surface area contributed by atoms with Crippen LogP contribution in [0, 0.1) is 11.8 Å². The lowest BCUT2D eigenvalue weighted by atomic mass is 9.92. The molecule has 0 spiro atoms. The van der Waals surface area contributed by atoms with Crippen molar-refractivity contribution in [2.75, 3.05) is 6.61 Å². The van der Waals surface area contributed by atoms with Gasteiger partial charge in [0.15, 0.2) is 0 Å². The zero-order chi connectivity index (χ0) is 17.7. The summed E-state index contributed by atoms with van der Waals surface area (Å²) in [6.45, 7) is 2.02.